The molecule has 1 nitrogen and oxygen atoms in total. The van der Waals surface area contributed by atoms with E-state index in [1.165, 1.54) is 0 Å². The van der Waals surface area contributed by atoms with Crippen LogP contribution in [0.15, 0.2) is 59.7 Å². The highest BCUT2D eigenvalue weighted by Crippen LogP contribution is 2.27. The van der Waals surface area contributed by atoms with Crippen molar-refractivity contribution in [3.63, 3.8) is 0 Å². The fourth-order valence-corrected chi connectivity index (χ4v) is 2.03. The molecule has 2 N–H and O–H groups in total. The van der Waals surface area contributed by atoms with Crippen LogP contribution >= 0.6 is 11.6 Å². The van der Waals surface area contributed by atoms with Crippen molar-refractivity contribution in [2.24, 2.45) is 11.7 Å². The fourth-order valence-electron chi connectivity index (χ4n) is 1.83. The first-order chi connectivity index (χ1) is 7.72. The van der Waals surface area contributed by atoms with Crippen LogP contribution in [0.4, 0.5) is 0 Å². The third-order valence-corrected chi connectivity index (χ3v) is 2.97. The summed E-state index contributed by atoms with van der Waals surface area (Å²) in [6.07, 6.45) is 11.8. The first-order valence-corrected chi connectivity index (χ1v) is 5.82. The molecule has 0 aliphatic heterocycles. The third kappa shape index (κ3) is 3.22. The van der Waals surface area contributed by atoms with E-state index in [4.69, 9.17) is 17.3 Å². The van der Waals surface area contributed by atoms with Crippen LogP contribution in [0, 0.1) is 5.92 Å². The average Bonchev–Trinajstić information content (AvgIpc) is 2.27. The normalized spacial score (nSPS) is 29.4. The SMILES string of the molecule is C=C/C(CN)=C1/C=C(Cl)\C=C/CCC1C=C. The average molecular weight is 236 g/mol. The summed E-state index contributed by atoms with van der Waals surface area (Å²) in [6, 6.07) is 0. The van der Waals surface area contributed by atoms with Gasteiger partial charge in [0.25, 0.3) is 0 Å². The molecular formula is C14H18ClN. The standard InChI is InChI=1S/C14H18ClN/c1-3-11-7-5-6-8-13(15)9-14(11)12(4-2)10-16/h3-4,6,8-9,11H,1-2,5,7,10,16H2/b8-6-,13-9+,14-12+. The predicted molar refractivity (Wildman–Crippen MR) is 72.3 cm³/mol. The zero-order valence-corrected chi connectivity index (χ0v) is 10.2. The van der Waals surface area contributed by atoms with Crippen molar-refractivity contribution >= 4 is 11.6 Å². The van der Waals surface area contributed by atoms with E-state index in [0.717, 1.165) is 29.0 Å². The van der Waals surface area contributed by atoms with E-state index in [1.807, 2.05) is 18.2 Å². The Labute approximate surface area is 103 Å². The van der Waals surface area contributed by atoms with Crippen molar-refractivity contribution in [2.75, 3.05) is 6.54 Å². The van der Waals surface area contributed by atoms with E-state index < -0.39 is 0 Å². The Bertz CT molecular complexity index is 361. The van der Waals surface area contributed by atoms with Gasteiger partial charge in [-0.3, -0.25) is 0 Å². The van der Waals surface area contributed by atoms with Gasteiger partial charge in [0.15, 0.2) is 0 Å². The van der Waals surface area contributed by atoms with Crippen molar-refractivity contribution < 1.29 is 0 Å². The second kappa shape index (κ2) is 6.51. The fraction of sp³-hybridized carbons (Fsp3) is 0.286. The molecule has 0 bridgehead atoms. The summed E-state index contributed by atoms with van der Waals surface area (Å²) in [6.45, 7) is 8.15. The predicted octanol–water partition coefficient (Wildman–Crippen LogP) is 3.70. The summed E-state index contributed by atoms with van der Waals surface area (Å²) in [7, 11) is 0. The quantitative estimate of drug-likeness (QED) is 0.742. The Kier molecular flexibility index (Phi) is 5.30. The molecule has 0 saturated heterocycles. The van der Waals surface area contributed by atoms with Gasteiger partial charge < -0.3 is 5.73 Å². The molecule has 0 saturated carbocycles. The van der Waals surface area contributed by atoms with Crippen LogP contribution in [-0.4, -0.2) is 6.54 Å². The molecule has 1 aliphatic rings. The van der Waals surface area contributed by atoms with Crippen molar-refractivity contribution in [2.45, 2.75) is 12.8 Å². The van der Waals surface area contributed by atoms with Gasteiger partial charge in [0.05, 0.1) is 0 Å². The van der Waals surface area contributed by atoms with Crippen LogP contribution in [0.3, 0.4) is 0 Å². The highest BCUT2D eigenvalue weighted by Gasteiger charge is 2.13. The Morgan fingerprint density at radius 3 is 2.88 bits per heavy atom. The number of hydrogen-bond acceptors (Lipinski definition) is 1. The molecule has 0 aromatic rings. The lowest BCUT2D eigenvalue weighted by Crippen LogP contribution is -2.09. The maximum atomic E-state index is 6.10. The lowest BCUT2D eigenvalue weighted by Gasteiger charge is -2.18. The summed E-state index contributed by atoms with van der Waals surface area (Å²) in [5, 5.41) is 0.731. The molecule has 1 atom stereocenters. The number of halogens is 1. The minimum absolute atomic E-state index is 0.301. The van der Waals surface area contributed by atoms with Crippen LogP contribution in [0.25, 0.3) is 0 Å². The molecule has 0 radical (unpaired) electrons. The van der Waals surface area contributed by atoms with Crippen LogP contribution in [-0.2, 0) is 0 Å². The van der Waals surface area contributed by atoms with E-state index in [0.29, 0.717) is 12.5 Å². The monoisotopic (exact) mass is 235 g/mol. The van der Waals surface area contributed by atoms with Gasteiger partial charge >= 0.3 is 0 Å². The van der Waals surface area contributed by atoms with E-state index in [1.54, 1.807) is 6.08 Å². The van der Waals surface area contributed by atoms with Crippen LogP contribution < -0.4 is 5.73 Å². The van der Waals surface area contributed by atoms with Gasteiger partial charge in [-0.05, 0) is 36.1 Å². The third-order valence-electron chi connectivity index (χ3n) is 2.74. The molecule has 0 spiro atoms. The molecule has 1 unspecified atom stereocenters. The van der Waals surface area contributed by atoms with Crippen LogP contribution in [0.5, 0.6) is 0 Å². The Morgan fingerprint density at radius 1 is 1.56 bits per heavy atom. The molecule has 1 aliphatic carbocycles. The summed E-state index contributed by atoms with van der Waals surface area (Å²) in [5.74, 6) is 0.301. The van der Waals surface area contributed by atoms with Crippen molar-refractivity contribution in [1.82, 2.24) is 0 Å². The second-order valence-electron chi connectivity index (χ2n) is 3.74. The molecule has 1 rings (SSSR count). The maximum absolute atomic E-state index is 6.10. The molecule has 0 aromatic heterocycles. The molecular weight excluding hydrogens is 218 g/mol. The van der Waals surface area contributed by atoms with E-state index >= 15 is 0 Å². The van der Waals surface area contributed by atoms with E-state index in [2.05, 4.69) is 19.2 Å². The van der Waals surface area contributed by atoms with Gasteiger partial charge in [-0.2, -0.15) is 0 Å². The minimum Gasteiger partial charge on any atom is -0.326 e. The molecule has 0 heterocycles. The first kappa shape index (κ1) is 13.0. The molecule has 2 heteroatoms. The van der Waals surface area contributed by atoms with Crippen molar-refractivity contribution in [3.8, 4) is 0 Å². The zero-order chi connectivity index (χ0) is 12.0. The Hall–Kier alpha value is -1.05. The molecule has 0 amide bonds. The summed E-state index contributed by atoms with van der Waals surface area (Å²) in [5.41, 5.74) is 7.89. The lowest BCUT2D eigenvalue weighted by atomic mass is 9.88. The summed E-state index contributed by atoms with van der Waals surface area (Å²) >= 11 is 6.10. The number of hydrogen-bond donors (Lipinski definition) is 1. The van der Waals surface area contributed by atoms with Crippen LogP contribution in [0.2, 0.25) is 0 Å². The highest BCUT2D eigenvalue weighted by molar-refractivity contribution is 6.31. The van der Waals surface area contributed by atoms with Gasteiger partial charge in [0.1, 0.15) is 0 Å². The minimum atomic E-state index is 0.301. The Morgan fingerprint density at radius 2 is 2.31 bits per heavy atom. The van der Waals surface area contributed by atoms with Gasteiger partial charge in [-0.1, -0.05) is 36.4 Å². The topological polar surface area (TPSA) is 26.0 Å². The van der Waals surface area contributed by atoms with Crippen molar-refractivity contribution in [3.05, 3.63) is 59.7 Å². The number of nitrogens with two attached hydrogens (primary N) is 1. The second-order valence-corrected chi connectivity index (χ2v) is 4.18. The van der Waals surface area contributed by atoms with Crippen molar-refractivity contribution in [1.29, 1.82) is 0 Å². The highest BCUT2D eigenvalue weighted by atomic mass is 35.5. The summed E-state index contributed by atoms with van der Waals surface area (Å²) in [4.78, 5) is 0. The van der Waals surface area contributed by atoms with E-state index in [9.17, 15) is 0 Å². The number of allylic oxidation sites excluding steroid dienone is 6. The van der Waals surface area contributed by atoms with Gasteiger partial charge in [-0.15, -0.1) is 6.58 Å². The molecule has 16 heavy (non-hydrogen) atoms. The van der Waals surface area contributed by atoms with E-state index in [-0.39, 0.29) is 0 Å². The smallest absolute Gasteiger partial charge is 0.0405 e. The van der Waals surface area contributed by atoms with Crippen LogP contribution in [0.1, 0.15) is 12.8 Å². The Balaban J connectivity index is 3.23. The molecule has 0 aromatic carbocycles. The first-order valence-electron chi connectivity index (χ1n) is 5.44. The zero-order valence-electron chi connectivity index (χ0n) is 9.45. The summed E-state index contributed by atoms with van der Waals surface area (Å²) < 4.78 is 0. The van der Waals surface area contributed by atoms with Gasteiger partial charge in [-0.25, -0.2) is 0 Å². The largest absolute Gasteiger partial charge is 0.326 e. The molecule has 86 valence electrons. The maximum Gasteiger partial charge on any atom is 0.0405 e. The molecule has 0 fully saturated rings. The van der Waals surface area contributed by atoms with Gasteiger partial charge in [0, 0.05) is 17.5 Å². The van der Waals surface area contributed by atoms with Gasteiger partial charge in [0.2, 0.25) is 0 Å². The number of rotatable bonds is 3. The lowest BCUT2D eigenvalue weighted by molar-refractivity contribution is 0.690.